The highest BCUT2D eigenvalue weighted by Crippen LogP contribution is 2.31. The molecular formula is C48H56N6O4. The topological polar surface area (TPSA) is 105 Å². The molecule has 302 valence electrons. The van der Waals surface area contributed by atoms with Crippen molar-refractivity contribution >= 4 is 52.8 Å². The summed E-state index contributed by atoms with van der Waals surface area (Å²) >= 11 is 0. The van der Waals surface area contributed by atoms with E-state index in [9.17, 15) is 19.2 Å². The number of benzene rings is 3. The molecule has 2 N–H and O–H groups in total. The van der Waals surface area contributed by atoms with E-state index in [1.807, 2.05) is 84.9 Å². The zero-order valence-electron chi connectivity index (χ0n) is 33.5. The summed E-state index contributed by atoms with van der Waals surface area (Å²) in [5.74, 6) is -0.409. The lowest BCUT2D eigenvalue weighted by molar-refractivity contribution is -0.133. The minimum atomic E-state index is -0.511. The Hall–Kier alpha value is -5.64. The van der Waals surface area contributed by atoms with Gasteiger partial charge in [0.1, 0.15) is 12.1 Å². The first kappa shape index (κ1) is 39.2. The molecule has 0 radical (unpaired) electrons. The van der Waals surface area contributed by atoms with Crippen molar-refractivity contribution in [3.8, 4) is 0 Å². The Kier molecular flexibility index (Phi) is 12.4. The first-order valence-corrected chi connectivity index (χ1v) is 21.5. The first-order chi connectivity index (χ1) is 28.4. The molecule has 8 rings (SSSR count). The molecular weight excluding hydrogens is 725 g/mol. The van der Waals surface area contributed by atoms with Gasteiger partial charge in [0.15, 0.2) is 0 Å². The van der Waals surface area contributed by atoms with Gasteiger partial charge in [-0.2, -0.15) is 0 Å². The van der Waals surface area contributed by atoms with Gasteiger partial charge in [0.25, 0.3) is 11.8 Å². The molecule has 4 aliphatic heterocycles. The van der Waals surface area contributed by atoms with Gasteiger partial charge in [-0.1, -0.05) is 60.7 Å². The van der Waals surface area contributed by atoms with Crippen LogP contribution in [0.15, 0.2) is 96.2 Å². The first-order valence-electron chi connectivity index (χ1n) is 21.5. The number of piperidine rings is 2. The molecule has 0 aromatic heterocycles. The van der Waals surface area contributed by atoms with Gasteiger partial charge in [-0.25, -0.2) is 0 Å². The Balaban J connectivity index is 0.836. The molecule has 0 saturated carbocycles. The van der Waals surface area contributed by atoms with E-state index in [1.54, 1.807) is 9.80 Å². The maximum Gasteiger partial charge on any atom is 0.256 e. The highest BCUT2D eigenvalue weighted by Gasteiger charge is 2.38. The predicted octanol–water partition coefficient (Wildman–Crippen LogP) is 8.11. The molecule has 10 heteroatoms. The number of rotatable bonds is 10. The fourth-order valence-corrected chi connectivity index (χ4v) is 9.23. The van der Waals surface area contributed by atoms with E-state index in [2.05, 4.69) is 32.6 Å². The largest absolute Gasteiger partial charge is 0.371 e. The lowest BCUT2D eigenvalue weighted by Gasteiger charge is -2.35. The van der Waals surface area contributed by atoms with Gasteiger partial charge in [-0.3, -0.25) is 19.2 Å². The van der Waals surface area contributed by atoms with Crippen LogP contribution in [-0.2, 0) is 14.4 Å². The molecule has 1 aliphatic carbocycles. The van der Waals surface area contributed by atoms with E-state index in [-0.39, 0.29) is 23.6 Å². The number of likely N-dealkylation sites (tertiary alicyclic amines) is 3. The van der Waals surface area contributed by atoms with Crippen LogP contribution >= 0.6 is 0 Å². The number of nitrogens with zero attached hydrogens (tertiary/aromatic N) is 4. The van der Waals surface area contributed by atoms with E-state index >= 15 is 0 Å². The van der Waals surface area contributed by atoms with Crippen molar-refractivity contribution in [1.82, 2.24) is 14.7 Å². The van der Waals surface area contributed by atoms with Crippen LogP contribution in [0.3, 0.4) is 0 Å². The van der Waals surface area contributed by atoms with E-state index in [4.69, 9.17) is 0 Å². The van der Waals surface area contributed by atoms with Crippen molar-refractivity contribution in [3.63, 3.8) is 0 Å². The van der Waals surface area contributed by atoms with Crippen molar-refractivity contribution in [3.05, 3.63) is 113 Å². The maximum absolute atomic E-state index is 13.9. The molecule has 5 aliphatic rings. The minimum Gasteiger partial charge on any atom is -0.371 e. The second-order valence-electron chi connectivity index (χ2n) is 16.3. The van der Waals surface area contributed by atoms with Crippen LogP contribution in [0.4, 0.5) is 17.1 Å². The standard InChI is InChI=1S/C48H56N6O4/c55-45(43-17-11-33-53(43)47(57)39-13-3-5-15-41(39)51-29-7-1-8-30-51)49-37-25-21-35(22-26-37)19-20-36-23-27-38(28-24-36)50-46(56)44-18-12-34-54(44)48(58)40-14-4-6-16-42(40)52-31-9-2-10-32-52/h3,5,13-16,19-28,43-44H,1-2,4,6-12,17-18,29-34H2,(H,49,55)(H,50,56)/b20-19+/t43-,44-/m0/s1. The number of hydrogen-bond donors (Lipinski definition) is 2. The number of nitrogens with one attached hydrogen (secondary N) is 2. The summed E-state index contributed by atoms with van der Waals surface area (Å²) in [7, 11) is 0. The summed E-state index contributed by atoms with van der Waals surface area (Å²) in [6.45, 7) is 5.03. The van der Waals surface area contributed by atoms with Gasteiger partial charge in [-0.05, 0) is 125 Å². The zero-order chi connectivity index (χ0) is 39.8. The normalized spacial score (nSPS) is 21.2. The molecule has 4 saturated heterocycles. The Morgan fingerprint density at radius 2 is 1.02 bits per heavy atom. The Bertz CT molecular complexity index is 2060. The monoisotopic (exact) mass is 780 g/mol. The van der Waals surface area contributed by atoms with Crippen molar-refractivity contribution < 1.29 is 19.2 Å². The third kappa shape index (κ3) is 8.91. The Labute approximate surface area is 342 Å². The molecule has 3 aromatic carbocycles. The average Bonchev–Trinajstić information content (AvgIpc) is 3.99. The summed E-state index contributed by atoms with van der Waals surface area (Å²) in [5, 5.41) is 6.11. The van der Waals surface area contributed by atoms with Gasteiger partial charge < -0.3 is 30.2 Å². The van der Waals surface area contributed by atoms with Crippen LogP contribution in [0.1, 0.15) is 98.5 Å². The van der Waals surface area contributed by atoms with Gasteiger partial charge >= 0.3 is 0 Å². The zero-order valence-corrected chi connectivity index (χ0v) is 33.5. The van der Waals surface area contributed by atoms with Crippen molar-refractivity contribution in [1.29, 1.82) is 0 Å². The lowest BCUT2D eigenvalue weighted by atomic mass is 9.98. The highest BCUT2D eigenvalue weighted by atomic mass is 16.2. The molecule has 0 unspecified atom stereocenters. The summed E-state index contributed by atoms with van der Waals surface area (Å²) in [6, 6.07) is 22.2. The van der Waals surface area contributed by atoms with Gasteiger partial charge in [0, 0.05) is 62.0 Å². The number of para-hydroxylation sites is 1. The third-order valence-electron chi connectivity index (χ3n) is 12.3. The second-order valence-corrected chi connectivity index (χ2v) is 16.3. The van der Waals surface area contributed by atoms with E-state index in [0.717, 1.165) is 106 Å². The Morgan fingerprint density at radius 1 is 0.517 bits per heavy atom. The molecule has 0 spiro atoms. The fourth-order valence-electron chi connectivity index (χ4n) is 9.23. The van der Waals surface area contributed by atoms with E-state index in [1.165, 1.54) is 12.8 Å². The van der Waals surface area contributed by atoms with Crippen LogP contribution in [0.2, 0.25) is 0 Å². The molecule has 2 atom stereocenters. The maximum atomic E-state index is 13.9. The number of amides is 4. The highest BCUT2D eigenvalue weighted by molar-refractivity contribution is 6.05. The second kappa shape index (κ2) is 18.3. The molecule has 4 heterocycles. The number of anilines is 3. The smallest absolute Gasteiger partial charge is 0.256 e. The van der Waals surface area contributed by atoms with Crippen LogP contribution in [-0.4, -0.2) is 89.7 Å². The van der Waals surface area contributed by atoms with Gasteiger partial charge in [0.05, 0.1) is 11.1 Å². The third-order valence-corrected chi connectivity index (χ3v) is 12.3. The van der Waals surface area contributed by atoms with Gasteiger partial charge in [-0.15, -0.1) is 0 Å². The minimum absolute atomic E-state index is 0.0256. The van der Waals surface area contributed by atoms with Crippen LogP contribution in [0, 0.1) is 0 Å². The number of carbonyl (C=O) groups is 4. The van der Waals surface area contributed by atoms with Crippen LogP contribution in [0.25, 0.3) is 12.2 Å². The quantitative estimate of drug-likeness (QED) is 0.202. The molecule has 10 nitrogen and oxygen atoms in total. The summed E-state index contributed by atoms with van der Waals surface area (Å²) < 4.78 is 0. The lowest BCUT2D eigenvalue weighted by Crippen LogP contribution is -2.45. The fraction of sp³-hybridized carbons (Fsp3) is 0.417. The summed E-state index contributed by atoms with van der Waals surface area (Å²) in [4.78, 5) is 62.9. The van der Waals surface area contributed by atoms with E-state index < -0.39 is 12.1 Å². The number of carbonyl (C=O) groups excluding carboxylic acids is 4. The van der Waals surface area contributed by atoms with Crippen LogP contribution in [0.5, 0.6) is 0 Å². The summed E-state index contributed by atoms with van der Waals surface area (Å²) in [6.07, 6.45) is 20.0. The summed E-state index contributed by atoms with van der Waals surface area (Å²) in [5.41, 5.74) is 6.79. The molecule has 3 aromatic rings. The predicted molar refractivity (Wildman–Crippen MR) is 231 cm³/mol. The molecule has 0 bridgehead atoms. The molecule has 58 heavy (non-hydrogen) atoms. The number of allylic oxidation sites excluding steroid dienone is 2. The van der Waals surface area contributed by atoms with Gasteiger partial charge in [0.2, 0.25) is 11.8 Å². The average molecular weight is 781 g/mol. The van der Waals surface area contributed by atoms with Crippen LogP contribution < -0.4 is 15.5 Å². The molecule has 4 fully saturated rings. The molecule has 4 amide bonds. The number of hydrogen-bond acceptors (Lipinski definition) is 6. The van der Waals surface area contributed by atoms with Crippen molar-refractivity contribution in [2.45, 2.75) is 89.1 Å². The van der Waals surface area contributed by atoms with Crippen molar-refractivity contribution in [2.24, 2.45) is 0 Å². The van der Waals surface area contributed by atoms with Crippen molar-refractivity contribution in [2.75, 3.05) is 54.8 Å². The Morgan fingerprint density at radius 3 is 1.59 bits per heavy atom. The SMILES string of the molecule is O=C(Nc1ccc(/C=C/c2ccc(NC(=O)[C@@H]3CCCN3C(=O)c3ccccc3N3CCCCC3)cc2)cc1)[C@@H]1CCCN1C(=O)C1=CCCC=C1N1CCCCC1. The van der Waals surface area contributed by atoms with E-state index in [0.29, 0.717) is 42.9 Å².